The molecule has 2 aromatic rings. The molecular weight excluding hydrogens is 412 g/mol. The van der Waals surface area contributed by atoms with Gasteiger partial charge in [-0.25, -0.2) is 5.01 Å². The van der Waals surface area contributed by atoms with E-state index in [0.29, 0.717) is 6.42 Å². The minimum atomic E-state index is -1.25. The van der Waals surface area contributed by atoms with Gasteiger partial charge in [-0.3, -0.25) is 4.79 Å². The van der Waals surface area contributed by atoms with Crippen molar-refractivity contribution in [1.29, 1.82) is 0 Å². The van der Waals surface area contributed by atoms with Gasteiger partial charge in [-0.1, -0.05) is 40.2 Å². The number of hydrogen-bond donors (Lipinski definition) is 0. The van der Waals surface area contributed by atoms with Crippen molar-refractivity contribution in [3.05, 3.63) is 64.1 Å². The van der Waals surface area contributed by atoms with Crippen LogP contribution in [0.4, 0.5) is 0 Å². The molecule has 0 radical (unpaired) electrons. The molecule has 1 heterocycles. The number of nitrogens with zero attached hydrogens (tertiary/aromatic N) is 2. The second kappa shape index (κ2) is 8.35. The van der Waals surface area contributed by atoms with Gasteiger partial charge >= 0.3 is 0 Å². The van der Waals surface area contributed by atoms with Crippen LogP contribution in [0.3, 0.4) is 0 Å². The summed E-state index contributed by atoms with van der Waals surface area (Å²) < 4.78 is 6.14. The number of ether oxygens (including phenoxy) is 1. The largest absolute Gasteiger partial charge is 0.550 e. The van der Waals surface area contributed by atoms with Gasteiger partial charge in [0, 0.05) is 23.3 Å². The fraction of sp³-hybridized carbons (Fsp3) is 0.250. The van der Waals surface area contributed by atoms with E-state index in [4.69, 9.17) is 4.74 Å². The van der Waals surface area contributed by atoms with E-state index in [-0.39, 0.29) is 24.8 Å². The smallest absolute Gasteiger partial charge is 0.243 e. The van der Waals surface area contributed by atoms with Gasteiger partial charge < -0.3 is 14.6 Å². The molecule has 6 nitrogen and oxygen atoms in total. The van der Waals surface area contributed by atoms with E-state index in [1.54, 1.807) is 7.11 Å². The Kier molecular flexibility index (Phi) is 5.91. The third kappa shape index (κ3) is 4.54. The molecule has 0 unspecified atom stereocenters. The molecule has 1 atom stereocenters. The lowest BCUT2D eigenvalue weighted by atomic mass is 9.98. The molecular formula is C20H18BrN2O4-. The fourth-order valence-corrected chi connectivity index (χ4v) is 3.23. The topological polar surface area (TPSA) is 82.0 Å². The first-order valence-electron chi connectivity index (χ1n) is 8.47. The maximum Gasteiger partial charge on any atom is 0.243 e. The number of hydrogen-bond acceptors (Lipinski definition) is 5. The molecule has 140 valence electrons. The Bertz CT molecular complexity index is 863. The van der Waals surface area contributed by atoms with Crippen LogP contribution in [0.15, 0.2) is 58.1 Å². The average Bonchev–Trinajstić information content (AvgIpc) is 3.12. The van der Waals surface area contributed by atoms with Crippen LogP contribution in [0.1, 0.15) is 36.4 Å². The highest BCUT2D eigenvalue weighted by atomic mass is 79.9. The van der Waals surface area contributed by atoms with E-state index in [0.717, 1.165) is 27.1 Å². The number of rotatable bonds is 6. The Balaban J connectivity index is 1.89. The van der Waals surface area contributed by atoms with Crippen LogP contribution in [0, 0.1) is 0 Å². The highest BCUT2D eigenvalue weighted by molar-refractivity contribution is 9.10. The molecule has 1 aliphatic rings. The molecule has 0 saturated heterocycles. The van der Waals surface area contributed by atoms with Crippen molar-refractivity contribution >= 4 is 33.5 Å². The van der Waals surface area contributed by atoms with Crippen molar-refractivity contribution in [2.45, 2.75) is 25.3 Å². The molecule has 27 heavy (non-hydrogen) atoms. The van der Waals surface area contributed by atoms with Crippen LogP contribution >= 0.6 is 15.9 Å². The number of methoxy groups -OCH3 is 1. The zero-order chi connectivity index (χ0) is 19.4. The zero-order valence-electron chi connectivity index (χ0n) is 14.7. The minimum Gasteiger partial charge on any atom is -0.550 e. The Morgan fingerprint density at radius 1 is 1.15 bits per heavy atom. The van der Waals surface area contributed by atoms with Crippen LogP contribution in [0.25, 0.3) is 0 Å². The third-order valence-electron chi connectivity index (χ3n) is 4.39. The Hall–Kier alpha value is -2.67. The number of carboxylic acid groups (broad SMARTS) is 1. The summed E-state index contributed by atoms with van der Waals surface area (Å²) >= 11 is 3.41. The summed E-state index contributed by atoms with van der Waals surface area (Å²) in [4.78, 5) is 23.3. The Labute approximate surface area is 165 Å². The SMILES string of the molecule is COc1ccc([C@H]2CC(c3ccc(Br)cc3)=NN2C(=O)CCC(=O)[O-])cc1. The van der Waals surface area contributed by atoms with Gasteiger partial charge in [-0.2, -0.15) is 5.10 Å². The number of carbonyl (C=O) groups is 2. The molecule has 0 fully saturated rings. The highest BCUT2D eigenvalue weighted by Crippen LogP contribution is 2.34. The van der Waals surface area contributed by atoms with Gasteiger partial charge in [-0.15, -0.1) is 0 Å². The number of carboxylic acids is 1. The van der Waals surface area contributed by atoms with Crippen molar-refractivity contribution in [3.63, 3.8) is 0 Å². The van der Waals surface area contributed by atoms with Crippen molar-refractivity contribution in [2.75, 3.05) is 7.11 Å². The second-order valence-corrected chi connectivity index (χ2v) is 7.07. The zero-order valence-corrected chi connectivity index (χ0v) is 16.3. The van der Waals surface area contributed by atoms with Gasteiger partial charge in [0.25, 0.3) is 0 Å². The maximum atomic E-state index is 12.6. The number of aliphatic carboxylic acids is 1. The first-order valence-corrected chi connectivity index (χ1v) is 9.26. The Morgan fingerprint density at radius 2 is 1.81 bits per heavy atom. The van der Waals surface area contributed by atoms with Gasteiger partial charge in [0.1, 0.15) is 5.75 Å². The predicted molar refractivity (Wildman–Crippen MR) is 102 cm³/mol. The molecule has 0 aromatic heterocycles. The molecule has 0 bridgehead atoms. The number of halogens is 1. The normalized spacial score (nSPS) is 16.1. The van der Waals surface area contributed by atoms with Crippen molar-refractivity contribution in [1.82, 2.24) is 5.01 Å². The molecule has 0 spiro atoms. The predicted octanol–water partition coefficient (Wildman–Crippen LogP) is 2.67. The maximum absolute atomic E-state index is 12.6. The lowest BCUT2D eigenvalue weighted by Gasteiger charge is -2.22. The van der Waals surface area contributed by atoms with E-state index in [1.807, 2.05) is 48.5 Å². The summed E-state index contributed by atoms with van der Waals surface area (Å²) in [6.07, 6.45) is 0.0743. The molecule has 0 N–H and O–H groups in total. The van der Waals surface area contributed by atoms with Crippen LogP contribution < -0.4 is 9.84 Å². The molecule has 3 rings (SSSR count). The van der Waals surface area contributed by atoms with Gasteiger partial charge in [0.05, 0.1) is 18.9 Å². The molecule has 7 heteroatoms. The van der Waals surface area contributed by atoms with Gasteiger partial charge in [-0.05, 0) is 41.8 Å². The Morgan fingerprint density at radius 3 is 2.41 bits per heavy atom. The number of amides is 1. The number of benzene rings is 2. The van der Waals surface area contributed by atoms with E-state index >= 15 is 0 Å². The molecule has 1 aliphatic heterocycles. The van der Waals surface area contributed by atoms with Gasteiger partial charge in [0.15, 0.2) is 0 Å². The third-order valence-corrected chi connectivity index (χ3v) is 4.92. The molecule has 0 aliphatic carbocycles. The summed E-state index contributed by atoms with van der Waals surface area (Å²) in [6.45, 7) is 0. The average molecular weight is 430 g/mol. The lowest BCUT2D eigenvalue weighted by molar-refractivity contribution is -0.305. The molecule has 2 aromatic carbocycles. The molecule has 0 saturated carbocycles. The summed E-state index contributed by atoms with van der Waals surface area (Å²) in [5, 5.41) is 16.6. The number of hydrazone groups is 1. The molecule has 1 amide bonds. The van der Waals surface area contributed by atoms with E-state index in [1.165, 1.54) is 5.01 Å². The highest BCUT2D eigenvalue weighted by Gasteiger charge is 2.32. The quantitative estimate of drug-likeness (QED) is 0.706. The van der Waals surface area contributed by atoms with Crippen LogP contribution in [-0.4, -0.2) is 29.7 Å². The fourth-order valence-electron chi connectivity index (χ4n) is 2.97. The van der Waals surface area contributed by atoms with Crippen molar-refractivity contribution < 1.29 is 19.4 Å². The van der Waals surface area contributed by atoms with E-state index in [9.17, 15) is 14.7 Å². The first kappa shape index (κ1) is 19.1. The van der Waals surface area contributed by atoms with E-state index in [2.05, 4.69) is 21.0 Å². The van der Waals surface area contributed by atoms with E-state index < -0.39 is 5.97 Å². The summed E-state index contributed by atoms with van der Waals surface area (Å²) in [6, 6.07) is 14.9. The van der Waals surface area contributed by atoms with Crippen LogP contribution in [0.5, 0.6) is 5.75 Å². The van der Waals surface area contributed by atoms with Crippen LogP contribution in [-0.2, 0) is 9.59 Å². The summed E-state index contributed by atoms with van der Waals surface area (Å²) in [5.41, 5.74) is 2.62. The van der Waals surface area contributed by atoms with Crippen molar-refractivity contribution in [2.24, 2.45) is 5.10 Å². The monoisotopic (exact) mass is 429 g/mol. The second-order valence-electron chi connectivity index (χ2n) is 6.16. The first-order chi connectivity index (χ1) is 13.0. The standard InChI is InChI=1S/C20H19BrN2O4/c1-27-16-8-4-14(5-9-16)18-12-17(13-2-6-15(21)7-3-13)22-23(18)19(24)10-11-20(25)26/h2-9,18H,10-12H2,1H3,(H,25,26)/p-1/t18-/m1/s1. The van der Waals surface area contributed by atoms with Crippen LogP contribution in [0.2, 0.25) is 0 Å². The minimum absolute atomic E-state index is 0.147. The lowest BCUT2D eigenvalue weighted by Crippen LogP contribution is -2.29. The van der Waals surface area contributed by atoms with Gasteiger partial charge in [0.2, 0.25) is 5.91 Å². The summed E-state index contributed by atoms with van der Waals surface area (Å²) in [7, 11) is 1.59. The number of carbonyl (C=O) groups excluding carboxylic acids is 2. The summed E-state index contributed by atoms with van der Waals surface area (Å²) in [5.74, 6) is -0.867. The van der Waals surface area contributed by atoms with Crippen molar-refractivity contribution in [3.8, 4) is 5.75 Å².